The number of hydrogen-bond acceptors (Lipinski definition) is 3. The van der Waals surface area contributed by atoms with Crippen LogP contribution in [-0.4, -0.2) is 16.8 Å². The van der Waals surface area contributed by atoms with Gasteiger partial charge in [0.2, 0.25) is 0 Å². The minimum Gasteiger partial charge on any atom is -0.348 e. The van der Waals surface area contributed by atoms with E-state index in [-0.39, 0.29) is 11.8 Å². The number of nitrogens with zero attached hydrogens (tertiary/aromatic N) is 1. The van der Waals surface area contributed by atoms with Crippen LogP contribution in [0.2, 0.25) is 0 Å². The number of para-hydroxylation sites is 1. The van der Waals surface area contributed by atoms with Crippen LogP contribution in [-0.2, 0) is 11.3 Å². The lowest BCUT2D eigenvalue weighted by molar-refractivity contribution is -0.112. The number of hydrogen-bond donors (Lipinski definition) is 2. The highest BCUT2D eigenvalue weighted by atomic mass is 16.2. The average Bonchev–Trinajstić information content (AvgIpc) is 2.54. The van der Waals surface area contributed by atoms with Crippen LogP contribution < -0.4 is 10.6 Å². The Morgan fingerprint density at radius 1 is 1.18 bits per heavy atom. The molecule has 0 unspecified atom stereocenters. The zero-order chi connectivity index (χ0) is 15.9. The second kappa shape index (κ2) is 7.17. The first-order valence-corrected chi connectivity index (χ1v) is 6.81. The van der Waals surface area contributed by atoms with Gasteiger partial charge in [0.05, 0.1) is 5.56 Å². The monoisotopic (exact) mass is 295 g/mol. The average molecular weight is 295 g/mol. The van der Waals surface area contributed by atoms with Gasteiger partial charge in [-0.3, -0.25) is 14.6 Å². The molecule has 0 aliphatic carbocycles. The van der Waals surface area contributed by atoms with Crippen molar-refractivity contribution < 1.29 is 9.59 Å². The first kappa shape index (κ1) is 15.4. The molecule has 2 amide bonds. The third-order valence-electron chi connectivity index (χ3n) is 3.02. The zero-order valence-corrected chi connectivity index (χ0v) is 12.3. The molecule has 0 saturated heterocycles. The lowest BCUT2D eigenvalue weighted by Gasteiger charge is -2.12. The Labute approximate surface area is 129 Å². The molecule has 22 heavy (non-hydrogen) atoms. The Morgan fingerprint density at radius 3 is 2.64 bits per heavy atom. The number of anilines is 1. The van der Waals surface area contributed by atoms with Crippen molar-refractivity contribution in [3.8, 4) is 0 Å². The number of carbonyl (C=O) groups excluding carboxylic acids is 2. The number of benzene rings is 1. The largest absolute Gasteiger partial charge is 0.348 e. The van der Waals surface area contributed by atoms with E-state index in [1.54, 1.807) is 31.3 Å². The van der Waals surface area contributed by atoms with Gasteiger partial charge >= 0.3 is 0 Å². The molecule has 0 bridgehead atoms. The van der Waals surface area contributed by atoms with Gasteiger partial charge in [-0.1, -0.05) is 24.8 Å². The van der Waals surface area contributed by atoms with E-state index in [9.17, 15) is 9.59 Å². The SMILES string of the molecule is C=C(C)C(=O)Nc1ccccc1CNC(=O)c1cccnc1. The summed E-state index contributed by atoms with van der Waals surface area (Å²) in [5, 5.41) is 5.58. The number of rotatable bonds is 5. The molecular weight excluding hydrogens is 278 g/mol. The normalized spacial score (nSPS) is 9.86. The second-order valence-corrected chi connectivity index (χ2v) is 4.82. The first-order valence-electron chi connectivity index (χ1n) is 6.81. The Morgan fingerprint density at radius 2 is 1.95 bits per heavy atom. The van der Waals surface area contributed by atoms with Crippen LogP contribution in [0.25, 0.3) is 0 Å². The number of nitrogens with one attached hydrogen (secondary N) is 2. The maximum absolute atomic E-state index is 12.0. The third-order valence-corrected chi connectivity index (χ3v) is 3.02. The molecule has 1 aromatic heterocycles. The zero-order valence-electron chi connectivity index (χ0n) is 12.3. The number of pyridine rings is 1. The minimum atomic E-state index is -0.244. The summed E-state index contributed by atoms with van der Waals surface area (Å²) in [6.07, 6.45) is 3.11. The predicted molar refractivity (Wildman–Crippen MR) is 85.3 cm³/mol. The number of amides is 2. The molecule has 0 radical (unpaired) electrons. The van der Waals surface area contributed by atoms with E-state index in [4.69, 9.17) is 0 Å². The fourth-order valence-electron chi connectivity index (χ4n) is 1.80. The van der Waals surface area contributed by atoms with Crippen LogP contribution in [0.15, 0.2) is 60.9 Å². The van der Waals surface area contributed by atoms with Gasteiger partial charge in [0.15, 0.2) is 0 Å². The van der Waals surface area contributed by atoms with E-state index >= 15 is 0 Å². The van der Waals surface area contributed by atoms with Crippen molar-refractivity contribution >= 4 is 17.5 Å². The number of carbonyl (C=O) groups is 2. The van der Waals surface area contributed by atoms with Crippen molar-refractivity contribution in [2.45, 2.75) is 13.5 Å². The summed E-state index contributed by atoms with van der Waals surface area (Å²) in [5.41, 5.74) is 2.39. The van der Waals surface area contributed by atoms with E-state index in [0.29, 0.717) is 23.4 Å². The van der Waals surface area contributed by atoms with Crippen molar-refractivity contribution in [2.24, 2.45) is 0 Å². The Hall–Kier alpha value is -2.95. The molecule has 0 atom stereocenters. The van der Waals surface area contributed by atoms with E-state index < -0.39 is 0 Å². The van der Waals surface area contributed by atoms with Gasteiger partial charge in [-0.05, 0) is 30.7 Å². The summed E-state index contributed by atoms with van der Waals surface area (Å²) in [7, 11) is 0. The summed E-state index contributed by atoms with van der Waals surface area (Å²) in [4.78, 5) is 27.6. The fraction of sp³-hybridized carbons (Fsp3) is 0.118. The molecule has 0 aliphatic rings. The van der Waals surface area contributed by atoms with Gasteiger partial charge in [0, 0.05) is 30.2 Å². The Balaban J connectivity index is 2.05. The summed E-state index contributed by atoms with van der Waals surface area (Å²) in [6.45, 7) is 5.55. The molecule has 1 heterocycles. The van der Waals surface area contributed by atoms with E-state index in [0.717, 1.165) is 5.56 Å². The summed E-state index contributed by atoms with van der Waals surface area (Å²) < 4.78 is 0. The molecular formula is C17H17N3O2. The lowest BCUT2D eigenvalue weighted by Crippen LogP contribution is -2.24. The maximum Gasteiger partial charge on any atom is 0.253 e. The highest BCUT2D eigenvalue weighted by Gasteiger charge is 2.09. The van der Waals surface area contributed by atoms with Gasteiger partial charge in [-0.15, -0.1) is 0 Å². The maximum atomic E-state index is 12.0. The molecule has 0 fully saturated rings. The van der Waals surface area contributed by atoms with Gasteiger partial charge in [-0.2, -0.15) is 0 Å². The van der Waals surface area contributed by atoms with E-state index in [1.807, 2.05) is 18.2 Å². The molecule has 5 heteroatoms. The molecule has 2 N–H and O–H groups in total. The fourth-order valence-corrected chi connectivity index (χ4v) is 1.80. The highest BCUT2D eigenvalue weighted by molar-refractivity contribution is 6.03. The molecule has 2 aromatic rings. The smallest absolute Gasteiger partial charge is 0.253 e. The van der Waals surface area contributed by atoms with Crippen molar-refractivity contribution in [3.05, 3.63) is 72.1 Å². The van der Waals surface area contributed by atoms with Crippen molar-refractivity contribution in [2.75, 3.05) is 5.32 Å². The van der Waals surface area contributed by atoms with Gasteiger partial charge < -0.3 is 10.6 Å². The van der Waals surface area contributed by atoms with E-state index in [1.165, 1.54) is 6.20 Å². The Kier molecular flexibility index (Phi) is 5.03. The molecule has 5 nitrogen and oxygen atoms in total. The Bertz CT molecular complexity index is 696. The quantitative estimate of drug-likeness (QED) is 0.833. The van der Waals surface area contributed by atoms with Crippen LogP contribution in [0.3, 0.4) is 0 Å². The molecule has 1 aromatic carbocycles. The van der Waals surface area contributed by atoms with Crippen molar-refractivity contribution in [1.82, 2.24) is 10.3 Å². The third kappa shape index (κ3) is 4.02. The minimum absolute atomic E-state index is 0.214. The first-order chi connectivity index (χ1) is 10.6. The van der Waals surface area contributed by atoms with Crippen LogP contribution in [0, 0.1) is 0 Å². The van der Waals surface area contributed by atoms with Crippen LogP contribution in [0.1, 0.15) is 22.8 Å². The van der Waals surface area contributed by atoms with Crippen LogP contribution in [0.5, 0.6) is 0 Å². The molecule has 0 aliphatic heterocycles. The highest BCUT2D eigenvalue weighted by Crippen LogP contribution is 2.15. The van der Waals surface area contributed by atoms with Gasteiger partial charge in [0.1, 0.15) is 0 Å². The van der Waals surface area contributed by atoms with Crippen LogP contribution >= 0.6 is 0 Å². The topological polar surface area (TPSA) is 71.1 Å². The van der Waals surface area contributed by atoms with Crippen molar-refractivity contribution in [3.63, 3.8) is 0 Å². The molecule has 2 rings (SSSR count). The lowest BCUT2D eigenvalue weighted by atomic mass is 10.1. The van der Waals surface area contributed by atoms with Gasteiger partial charge in [-0.25, -0.2) is 0 Å². The van der Waals surface area contributed by atoms with Crippen LogP contribution in [0.4, 0.5) is 5.69 Å². The standard InChI is InChI=1S/C17H17N3O2/c1-12(2)16(21)20-15-8-4-3-6-13(15)11-19-17(22)14-7-5-9-18-10-14/h3-10H,1,11H2,2H3,(H,19,22)(H,20,21). The molecule has 0 saturated carbocycles. The van der Waals surface area contributed by atoms with Crippen molar-refractivity contribution in [1.29, 1.82) is 0 Å². The summed E-state index contributed by atoms with van der Waals surface area (Å²) >= 11 is 0. The predicted octanol–water partition coefficient (Wildman–Crippen LogP) is 2.53. The summed E-state index contributed by atoms with van der Waals surface area (Å²) in [5.74, 6) is -0.458. The summed E-state index contributed by atoms with van der Waals surface area (Å²) in [6, 6.07) is 10.7. The van der Waals surface area contributed by atoms with E-state index in [2.05, 4.69) is 22.2 Å². The molecule has 112 valence electrons. The molecule has 0 spiro atoms. The van der Waals surface area contributed by atoms with Gasteiger partial charge in [0.25, 0.3) is 11.8 Å². The second-order valence-electron chi connectivity index (χ2n) is 4.82. The number of aromatic nitrogens is 1.